The predicted molar refractivity (Wildman–Crippen MR) is 125 cm³/mol. The molecule has 1 aromatic rings. The Bertz CT molecular complexity index is 984. The van der Waals surface area contributed by atoms with E-state index in [4.69, 9.17) is 19.3 Å². The maximum absolute atomic E-state index is 12.5. The van der Waals surface area contributed by atoms with E-state index in [1.807, 2.05) is 0 Å². The monoisotopic (exact) mass is 518 g/mol. The highest BCUT2D eigenvalue weighted by molar-refractivity contribution is 5.89. The highest BCUT2D eigenvalue weighted by Crippen LogP contribution is 2.31. The van der Waals surface area contributed by atoms with Crippen molar-refractivity contribution in [1.29, 1.82) is 0 Å². The fourth-order valence-corrected chi connectivity index (χ4v) is 4.30. The van der Waals surface area contributed by atoms with Crippen molar-refractivity contribution in [2.45, 2.75) is 63.6 Å². The summed E-state index contributed by atoms with van der Waals surface area (Å²) >= 11 is 0. The first-order chi connectivity index (χ1) is 17.7. The Labute approximate surface area is 213 Å². The number of benzene rings is 1. The molecule has 37 heavy (non-hydrogen) atoms. The van der Waals surface area contributed by atoms with Crippen molar-refractivity contribution in [3.05, 3.63) is 42.5 Å². The largest absolute Gasteiger partial charge is 0.516 e. The van der Waals surface area contributed by atoms with Gasteiger partial charge in [-0.2, -0.15) is 0 Å². The molecular formula is C26H30O11. The third-order valence-corrected chi connectivity index (χ3v) is 6.42. The van der Waals surface area contributed by atoms with Crippen LogP contribution in [0.2, 0.25) is 0 Å². The average molecular weight is 519 g/mol. The SMILES string of the molecule is C=CC(=O)OCOC(=O)Oc1ccc(C(=O)OC2CCC(OC(=O)C3CCC(C(=O)O)CC3)CC2)cc1. The molecule has 0 bridgehead atoms. The second-order valence-corrected chi connectivity index (χ2v) is 8.93. The second-order valence-electron chi connectivity index (χ2n) is 8.93. The Morgan fingerprint density at radius 3 is 1.95 bits per heavy atom. The summed E-state index contributed by atoms with van der Waals surface area (Å²) in [5.74, 6) is -2.87. The molecule has 1 aromatic carbocycles. The predicted octanol–water partition coefficient (Wildman–Crippen LogP) is 3.79. The number of carboxylic acids is 1. The number of carbonyl (C=O) groups is 5. The van der Waals surface area contributed by atoms with Gasteiger partial charge in [0.2, 0.25) is 6.79 Å². The number of hydrogen-bond acceptors (Lipinski definition) is 10. The van der Waals surface area contributed by atoms with Gasteiger partial charge >= 0.3 is 30.0 Å². The number of rotatable bonds is 9. The van der Waals surface area contributed by atoms with Gasteiger partial charge < -0.3 is 28.8 Å². The van der Waals surface area contributed by atoms with E-state index in [2.05, 4.69) is 16.1 Å². The van der Waals surface area contributed by atoms with Gasteiger partial charge in [0.15, 0.2) is 0 Å². The number of esters is 3. The van der Waals surface area contributed by atoms with Gasteiger partial charge in [0, 0.05) is 6.08 Å². The Morgan fingerprint density at radius 2 is 1.38 bits per heavy atom. The van der Waals surface area contributed by atoms with Crippen LogP contribution in [0.25, 0.3) is 0 Å². The van der Waals surface area contributed by atoms with E-state index >= 15 is 0 Å². The molecule has 0 heterocycles. The summed E-state index contributed by atoms with van der Waals surface area (Å²) in [5, 5.41) is 9.09. The number of hydrogen-bond donors (Lipinski definition) is 1. The molecule has 1 N–H and O–H groups in total. The lowest BCUT2D eigenvalue weighted by molar-refractivity contribution is -0.159. The van der Waals surface area contributed by atoms with E-state index in [0.29, 0.717) is 51.4 Å². The van der Waals surface area contributed by atoms with Crippen LogP contribution in [0, 0.1) is 11.8 Å². The van der Waals surface area contributed by atoms with Gasteiger partial charge in [0.05, 0.1) is 17.4 Å². The summed E-state index contributed by atoms with van der Waals surface area (Å²) in [4.78, 5) is 58.5. The molecule has 0 aliphatic heterocycles. The molecule has 0 radical (unpaired) electrons. The van der Waals surface area contributed by atoms with Crippen LogP contribution in [0.15, 0.2) is 36.9 Å². The zero-order valence-electron chi connectivity index (χ0n) is 20.3. The van der Waals surface area contributed by atoms with Gasteiger partial charge in [0.25, 0.3) is 0 Å². The lowest BCUT2D eigenvalue weighted by Gasteiger charge is -2.30. The van der Waals surface area contributed by atoms with E-state index in [0.717, 1.165) is 6.08 Å². The fourth-order valence-electron chi connectivity index (χ4n) is 4.30. The van der Waals surface area contributed by atoms with Crippen molar-refractivity contribution in [1.82, 2.24) is 0 Å². The minimum absolute atomic E-state index is 0.121. The van der Waals surface area contributed by atoms with Crippen LogP contribution in [-0.2, 0) is 33.3 Å². The molecule has 0 atom stereocenters. The van der Waals surface area contributed by atoms with E-state index in [1.54, 1.807) is 0 Å². The number of carboxylic acid groups (broad SMARTS) is 1. The average Bonchev–Trinajstić information content (AvgIpc) is 2.90. The highest BCUT2D eigenvalue weighted by Gasteiger charge is 2.33. The van der Waals surface area contributed by atoms with Gasteiger partial charge in [-0.1, -0.05) is 6.58 Å². The molecule has 2 aliphatic rings. The first-order valence-electron chi connectivity index (χ1n) is 12.1. The molecule has 0 spiro atoms. The highest BCUT2D eigenvalue weighted by atomic mass is 16.8. The maximum atomic E-state index is 12.5. The number of aliphatic carboxylic acids is 1. The molecule has 0 aromatic heterocycles. The second kappa shape index (κ2) is 13.4. The summed E-state index contributed by atoms with van der Waals surface area (Å²) in [6.07, 6.45) is 3.58. The van der Waals surface area contributed by atoms with Crippen LogP contribution in [0.3, 0.4) is 0 Å². The molecule has 200 valence electrons. The molecular weight excluding hydrogens is 488 g/mol. The first-order valence-corrected chi connectivity index (χ1v) is 12.1. The van der Waals surface area contributed by atoms with Crippen LogP contribution in [0.4, 0.5) is 4.79 Å². The Kier molecular flexibility index (Phi) is 10.0. The van der Waals surface area contributed by atoms with Gasteiger partial charge in [-0.05, 0) is 75.6 Å². The zero-order valence-corrected chi connectivity index (χ0v) is 20.3. The first kappa shape index (κ1) is 27.7. The van der Waals surface area contributed by atoms with Crippen molar-refractivity contribution in [3.63, 3.8) is 0 Å². The minimum Gasteiger partial charge on any atom is -0.481 e. The van der Waals surface area contributed by atoms with Gasteiger partial charge in [-0.25, -0.2) is 14.4 Å². The van der Waals surface area contributed by atoms with Crippen molar-refractivity contribution >= 4 is 30.0 Å². The van der Waals surface area contributed by atoms with Crippen LogP contribution < -0.4 is 4.74 Å². The van der Waals surface area contributed by atoms with Crippen molar-refractivity contribution in [2.24, 2.45) is 11.8 Å². The van der Waals surface area contributed by atoms with Crippen molar-refractivity contribution in [2.75, 3.05) is 6.79 Å². The summed E-state index contributed by atoms with van der Waals surface area (Å²) in [6.45, 7) is 2.58. The molecule has 11 heteroatoms. The lowest BCUT2D eigenvalue weighted by Crippen LogP contribution is -2.33. The smallest absolute Gasteiger partial charge is 0.481 e. The third kappa shape index (κ3) is 8.62. The van der Waals surface area contributed by atoms with Crippen molar-refractivity contribution < 1.29 is 52.8 Å². The Balaban J connectivity index is 1.36. The number of ether oxygens (including phenoxy) is 5. The molecule has 0 unspecified atom stereocenters. The fraction of sp³-hybridized carbons (Fsp3) is 0.500. The van der Waals surface area contributed by atoms with E-state index in [9.17, 15) is 24.0 Å². The standard InChI is InChI=1S/C26H30O11/c1-2-22(27)33-15-34-26(32)37-21-9-7-18(8-10-21)25(31)36-20-13-11-19(12-14-20)35-24(30)17-5-3-16(4-6-17)23(28)29/h2,7-10,16-17,19-20H,1,3-6,11-15H2,(H,28,29). The molecule has 11 nitrogen and oxygen atoms in total. The molecule has 2 aliphatic carbocycles. The summed E-state index contributed by atoms with van der Waals surface area (Å²) in [5.41, 5.74) is 0.270. The van der Waals surface area contributed by atoms with Crippen molar-refractivity contribution in [3.8, 4) is 5.75 Å². The quantitative estimate of drug-likeness (QED) is 0.167. The zero-order chi connectivity index (χ0) is 26.8. The van der Waals surface area contributed by atoms with E-state index in [-0.39, 0.29) is 41.3 Å². The van der Waals surface area contributed by atoms with Gasteiger partial charge in [-0.3, -0.25) is 9.59 Å². The Hall–Kier alpha value is -3.89. The summed E-state index contributed by atoms with van der Waals surface area (Å²) in [7, 11) is 0. The normalized spacial score (nSPS) is 23.1. The van der Waals surface area contributed by atoms with Crippen LogP contribution >= 0.6 is 0 Å². The lowest BCUT2D eigenvalue weighted by atomic mass is 9.82. The van der Waals surface area contributed by atoms with Crippen LogP contribution in [0.5, 0.6) is 5.75 Å². The Morgan fingerprint density at radius 1 is 0.811 bits per heavy atom. The van der Waals surface area contributed by atoms with Crippen LogP contribution in [-0.4, -0.2) is 54.1 Å². The van der Waals surface area contributed by atoms with E-state index in [1.165, 1.54) is 24.3 Å². The summed E-state index contributed by atoms with van der Waals surface area (Å²) < 4.78 is 25.2. The minimum atomic E-state index is -1.09. The molecule has 2 fully saturated rings. The maximum Gasteiger partial charge on any atom is 0.516 e. The summed E-state index contributed by atoms with van der Waals surface area (Å²) in [6, 6.07) is 5.67. The van der Waals surface area contributed by atoms with E-state index < -0.39 is 30.9 Å². The van der Waals surface area contributed by atoms with Gasteiger partial charge in [-0.15, -0.1) is 0 Å². The number of carbonyl (C=O) groups excluding carboxylic acids is 4. The molecule has 0 amide bonds. The third-order valence-electron chi connectivity index (χ3n) is 6.42. The van der Waals surface area contributed by atoms with Gasteiger partial charge in [0.1, 0.15) is 18.0 Å². The molecule has 0 saturated heterocycles. The topological polar surface area (TPSA) is 152 Å². The molecule has 2 saturated carbocycles. The van der Waals surface area contributed by atoms with Crippen LogP contribution in [0.1, 0.15) is 61.7 Å². The molecule has 3 rings (SSSR count).